The zero-order chi connectivity index (χ0) is 14.1. The van der Waals surface area contributed by atoms with Crippen LogP contribution in [-0.2, 0) is 20.7 Å². The first-order valence-corrected chi connectivity index (χ1v) is 8.25. The van der Waals surface area contributed by atoms with E-state index in [4.69, 9.17) is 14.5 Å². The Morgan fingerprint density at radius 2 is 2.25 bits per heavy atom. The Morgan fingerprint density at radius 1 is 1.45 bits per heavy atom. The molecule has 0 aromatic carbocycles. The van der Waals surface area contributed by atoms with E-state index in [0.717, 1.165) is 30.0 Å². The molecule has 20 heavy (non-hydrogen) atoms. The van der Waals surface area contributed by atoms with Crippen molar-refractivity contribution in [2.45, 2.75) is 51.0 Å². The van der Waals surface area contributed by atoms with Gasteiger partial charge < -0.3 is 9.47 Å². The number of hydrogen-bond acceptors (Lipinski definition) is 5. The first-order chi connectivity index (χ1) is 9.74. The van der Waals surface area contributed by atoms with Gasteiger partial charge in [-0.1, -0.05) is 0 Å². The first kappa shape index (κ1) is 14.0. The summed E-state index contributed by atoms with van der Waals surface area (Å²) in [6.07, 6.45) is 5.50. The zero-order valence-electron chi connectivity index (χ0n) is 12.1. The van der Waals surface area contributed by atoms with Gasteiger partial charge in [-0.15, -0.1) is 11.3 Å². The Morgan fingerprint density at radius 3 is 2.90 bits per heavy atom. The predicted octanol–water partition coefficient (Wildman–Crippen LogP) is 3.22. The fourth-order valence-corrected chi connectivity index (χ4v) is 4.27. The summed E-state index contributed by atoms with van der Waals surface area (Å²) in [6.45, 7) is 2.28. The maximum Gasteiger partial charge on any atom is 0.315 e. The van der Waals surface area contributed by atoms with Crippen LogP contribution in [-0.4, -0.2) is 24.7 Å². The molecular formula is C15H21NO3S. The third-order valence-corrected chi connectivity index (χ3v) is 5.28. The molecule has 0 radical (unpaired) electrons. The van der Waals surface area contributed by atoms with Crippen molar-refractivity contribution in [2.24, 2.45) is 5.92 Å². The molecule has 1 fully saturated rings. The van der Waals surface area contributed by atoms with Gasteiger partial charge >= 0.3 is 5.97 Å². The van der Waals surface area contributed by atoms with Crippen LogP contribution in [0.25, 0.3) is 0 Å². The molecule has 2 unspecified atom stereocenters. The topological polar surface area (TPSA) is 48.4 Å². The lowest BCUT2D eigenvalue weighted by Crippen LogP contribution is -2.20. The third kappa shape index (κ3) is 2.61. The Hall–Kier alpha value is -0.940. The van der Waals surface area contributed by atoms with Crippen molar-refractivity contribution in [3.05, 3.63) is 15.6 Å². The average molecular weight is 295 g/mol. The number of fused-ring (bicyclic) bond motifs is 1. The molecule has 0 bridgehead atoms. The first-order valence-electron chi connectivity index (χ1n) is 7.43. The fourth-order valence-electron chi connectivity index (χ4n) is 2.93. The maximum absolute atomic E-state index is 12.1. The number of aryl methyl sites for hydroxylation is 1. The van der Waals surface area contributed by atoms with Crippen LogP contribution in [0.3, 0.4) is 0 Å². The van der Waals surface area contributed by atoms with E-state index in [1.54, 1.807) is 18.4 Å². The molecule has 0 saturated heterocycles. The molecule has 1 aromatic heterocycles. The normalized spacial score (nSPS) is 23.2. The summed E-state index contributed by atoms with van der Waals surface area (Å²) in [6, 6.07) is 0. The highest BCUT2D eigenvalue weighted by atomic mass is 32.1. The number of hydrogen-bond donors (Lipinski definition) is 0. The smallest absolute Gasteiger partial charge is 0.315 e. The van der Waals surface area contributed by atoms with Gasteiger partial charge in [-0.25, -0.2) is 4.98 Å². The number of esters is 1. The van der Waals surface area contributed by atoms with E-state index in [-0.39, 0.29) is 18.0 Å². The number of ether oxygens (including phenoxy) is 2. The molecule has 0 spiro atoms. The highest BCUT2D eigenvalue weighted by molar-refractivity contribution is 7.11. The number of carbonyl (C=O) groups is 1. The third-order valence-electron chi connectivity index (χ3n) is 4.09. The minimum Gasteiger partial charge on any atom is -0.465 e. The number of thiazole rings is 1. The van der Waals surface area contributed by atoms with E-state index >= 15 is 0 Å². The van der Waals surface area contributed by atoms with E-state index in [9.17, 15) is 4.79 Å². The second kappa shape index (κ2) is 5.82. The van der Waals surface area contributed by atoms with Crippen molar-refractivity contribution in [3.8, 4) is 0 Å². The molecule has 0 aliphatic heterocycles. The van der Waals surface area contributed by atoms with Crippen LogP contribution < -0.4 is 0 Å². The summed E-state index contributed by atoms with van der Waals surface area (Å²) in [5.41, 5.74) is 0.956. The molecular weight excluding hydrogens is 274 g/mol. The molecule has 2 aliphatic rings. The fraction of sp³-hybridized carbons (Fsp3) is 0.733. The number of aromatic nitrogens is 1. The van der Waals surface area contributed by atoms with Gasteiger partial charge in [0.2, 0.25) is 0 Å². The van der Waals surface area contributed by atoms with Gasteiger partial charge in [0.1, 0.15) is 17.0 Å². The van der Waals surface area contributed by atoms with Crippen molar-refractivity contribution in [2.75, 3.05) is 13.7 Å². The second-order valence-electron chi connectivity index (χ2n) is 5.55. The van der Waals surface area contributed by atoms with Crippen molar-refractivity contribution in [1.82, 2.24) is 4.98 Å². The van der Waals surface area contributed by atoms with Gasteiger partial charge in [0.05, 0.1) is 12.3 Å². The van der Waals surface area contributed by atoms with Gasteiger partial charge in [-0.3, -0.25) is 4.79 Å². The van der Waals surface area contributed by atoms with Crippen LogP contribution in [0, 0.1) is 5.92 Å². The monoisotopic (exact) mass is 295 g/mol. The van der Waals surface area contributed by atoms with Crippen LogP contribution in [0.4, 0.5) is 0 Å². The summed E-state index contributed by atoms with van der Waals surface area (Å²) in [4.78, 5) is 18.1. The van der Waals surface area contributed by atoms with E-state index < -0.39 is 0 Å². The molecule has 0 amide bonds. The lowest BCUT2D eigenvalue weighted by atomic mass is 9.91. The van der Waals surface area contributed by atoms with Crippen molar-refractivity contribution < 1.29 is 14.3 Å². The predicted molar refractivity (Wildman–Crippen MR) is 76.9 cm³/mol. The molecule has 2 aliphatic carbocycles. The van der Waals surface area contributed by atoms with Gasteiger partial charge in [-0.05, 0) is 44.9 Å². The van der Waals surface area contributed by atoms with Gasteiger partial charge in [0, 0.05) is 12.0 Å². The number of nitrogens with zero attached hydrogens (tertiary/aromatic N) is 1. The van der Waals surface area contributed by atoms with Crippen LogP contribution in [0.1, 0.15) is 60.2 Å². The second-order valence-corrected chi connectivity index (χ2v) is 6.67. The van der Waals surface area contributed by atoms with Crippen LogP contribution in [0.15, 0.2) is 0 Å². The molecule has 2 atom stereocenters. The summed E-state index contributed by atoms with van der Waals surface area (Å²) in [5.74, 6) is 0.333. The number of carbonyl (C=O) groups excluding carboxylic acids is 1. The van der Waals surface area contributed by atoms with Crippen molar-refractivity contribution >= 4 is 17.3 Å². The van der Waals surface area contributed by atoms with E-state index in [0.29, 0.717) is 12.5 Å². The van der Waals surface area contributed by atoms with Crippen LogP contribution >= 0.6 is 11.3 Å². The summed E-state index contributed by atoms with van der Waals surface area (Å²) in [7, 11) is 1.76. The van der Waals surface area contributed by atoms with Crippen molar-refractivity contribution in [1.29, 1.82) is 0 Å². The van der Waals surface area contributed by atoms with Gasteiger partial charge in [0.15, 0.2) is 0 Å². The van der Waals surface area contributed by atoms with E-state index in [1.165, 1.54) is 17.7 Å². The van der Waals surface area contributed by atoms with Gasteiger partial charge in [0.25, 0.3) is 0 Å². The highest BCUT2D eigenvalue weighted by Crippen LogP contribution is 2.46. The quantitative estimate of drug-likeness (QED) is 0.783. The SMILES string of the molecule is CCOC(=O)C1CCCc2sc(C(OC)C3CC3)nc21. The maximum atomic E-state index is 12.1. The summed E-state index contributed by atoms with van der Waals surface area (Å²) in [5, 5.41) is 1.05. The largest absolute Gasteiger partial charge is 0.465 e. The minimum absolute atomic E-state index is 0.119. The Bertz CT molecular complexity index is 495. The van der Waals surface area contributed by atoms with E-state index in [2.05, 4.69) is 0 Å². The van der Waals surface area contributed by atoms with Crippen LogP contribution in [0.5, 0.6) is 0 Å². The Kier molecular flexibility index (Phi) is 4.08. The minimum atomic E-state index is -0.166. The lowest BCUT2D eigenvalue weighted by molar-refractivity contribution is -0.145. The Balaban J connectivity index is 1.86. The van der Waals surface area contributed by atoms with Crippen LogP contribution in [0.2, 0.25) is 0 Å². The molecule has 4 nitrogen and oxygen atoms in total. The molecule has 1 heterocycles. The standard InChI is InChI=1S/C15H21NO3S/c1-3-19-15(17)10-5-4-6-11-12(10)16-14(20-11)13(18-2)9-7-8-9/h9-10,13H,3-8H2,1-2H3. The zero-order valence-corrected chi connectivity index (χ0v) is 12.9. The number of methoxy groups -OCH3 is 1. The van der Waals surface area contributed by atoms with Gasteiger partial charge in [-0.2, -0.15) is 0 Å². The molecule has 5 heteroatoms. The molecule has 1 saturated carbocycles. The molecule has 3 rings (SSSR count). The molecule has 1 aromatic rings. The number of rotatable bonds is 5. The highest BCUT2D eigenvalue weighted by Gasteiger charge is 2.37. The average Bonchev–Trinajstić information content (AvgIpc) is 3.18. The molecule has 110 valence electrons. The van der Waals surface area contributed by atoms with E-state index in [1.807, 2.05) is 6.92 Å². The van der Waals surface area contributed by atoms with Crippen molar-refractivity contribution in [3.63, 3.8) is 0 Å². The summed E-state index contributed by atoms with van der Waals surface area (Å²) >= 11 is 1.73. The Labute approximate surface area is 123 Å². The molecule has 0 N–H and O–H groups in total. The lowest BCUT2D eigenvalue weighted by Gasteiger charge is -2.19. The summed E-state index contributed by atoms with van der Waals surface area (Å²) < 4.78 is 10.8.